The van der Waals surface area contributed by atoms with Gasteiger partial charge in [-0.05, 0) is 30.9 Å². The number of carbonyl (C=O) groups excluding carboxylic acids is 3. The molecule has 3 fully saturated rings. The normalized spacial score (nSPS) is 20.3. The number of carbonyl (C=O) groups is 3. The Morgan fingerprint density at radius 3 is 2.65 bits per heavy atom. The van der Waals surface area contributed by atoms with Gasteiger partial charge < -0.3 is 19.6 Å². The molecule has 0 atom stereocenters. The second-order valence-electron chi connectivity index (χ2n) is 8.31. The summed E-state index contributed by atoms with van der Waals surface area (Å²) in [4.78, 5) is 43.4. The SMILES string of the molecule is O=C1C=C(N2CC2)C(=O)C(c2cc(-c3ccc(C(=O)NCC4CC4)s3)on2)=C1N1CC1. The number of aromatic nitrogens is 1. The Kier molecular flexibility index (Phi) is 4.14. The topological polar surface area (TPSA) is 95.3 Å². The van der Waals surface area contributed by atoms with Crippen LogP contribution in [0.1, 0.15) is 28.2 Å². The van der Waals surface area contributed by atoms with Crippen molar-refractivity contribution in [2.75, 3.05) is 32.7 Å². The van der Waals surface area contributed by atoms with Gasteiger partial charge in [-0.1, -0.05) is 5.16 Å². The number of allylic oxidation sites excluding steroid dienone is 2. The number of hydrogen-bond donors (Lipinski definition) is 1. The van der Waals surface area contributed by atoms with E-state index in [9.17, 15) is 14.4 Å². The smallest absolute Gasteiger partial charge is 0.261 e. The van der Waals surface area contributed by atoms with Crippen LogP contribution in [-0.4, -0.2) is 65.2 Å². The van der Waals surface area contributed by atoms with Crippen molar-refractivity contribution in [3.8, 4) is 10.6 Å². The molecule has 31 heavy (non-hydrogen) atoms. The molecule has 0 aromatic carbocycles. The molecule has 2 saturated heterocycles. The molecule has 0 unspecified atom stereocenters. The van der Waals surface area contributed by atoms with Crippen LogP contribution in [0.2, 0.25) is 0 Å². The van der Waals surface area contributed by atoms with Crippen LogP contribution in [0.3, 0.4) is 0 Å². The van der Waals surface area contributed by atoms with E-state index in [1.807, 2.05) is 15.9 Å². The van der Waals surface area contributed by atoms with E-state index in [4.69, 9.17) is 4.52 Å². The van der Waals surface area contributed by atoms with E-state index in [0.717, 1.165) is 37.6 Å². The van der Waals surface area contributed by atoms with Crippen molar-refractivity contribution >= 4 is 34.4 Å². The number of rotatable bonds is 7. The van der Waals surface area contributed by atoms with E-state index in [1.165, 1.54) is 30.3 Å². The van der Waals surface area contributed by atoms with E-state index in [1.54, 1.807) is 12.1 Å². The first-order chi connectivity index (χ1) is 15.1. The van der Waals surface area contributed by atoms with Crippen molar-refractivity contribution in [1.29, 1.82) is 0 Å². The lowest BCUT2D eigenvalue weighted by molar-refractivity contribution is -0.115. The fourth-order valence-corrected chi connectivity index (χ4v) is 4.59. The summed E-state index contributed by atoms with van der Waals surface area (Å²) in [6.07, 6.45) is 3.81. The largest absolute Gasteiger partial charge is 0.365 e. The Bertz CT molecular complexity index is 1180. The van der Waals surface area contributed by atoms with Crippen LogP contribution in [0.5, 0.6) is 0 Å². The summed E-state index contributed by atoms with van der Waals surface area (Å²) in [5.41, 5.74) is 1.50. The molecule has 0 radical (unpaired) electrons. The Morgan fingerprint density at radius 1 is 1.16 bits per heavy atom. The van der Waals surface area contributed by atoms with Gasteiger partial charge >= 0.3 is 0 Å². The standard InChI is InChI=1S/C22H20N4O4S/c27-15-10-14(25-5-6-25)21(28)19(20(15)26-7-8-26)13-9-16(30-24-13)17-3-4-18(31-17)22(29)23-11-12-1-2-12/h3-4,9-10,12H,1-2,5-8,11H2,(H,23,29). The van der Waals surface area contributed by atoms with Gasteiger partial charge in [0.15, 0.2) is 5.76 Å². The van der Waals surface area contributed by atoms with Crippen molar-refractivity contribution in [3.05, 3.63) is 46.2 Å². The quantitative estimate of drug-likeness (QED) is 0.523. The number of nitrogens with zero attached hydrogens (tertiary/aromatic N) is 3. The summed E-state index contributed by atoms with van der Waals surface area (Å²) in [7, 11) is 0. The highest BCUT2D eigenvalue weighted by Crippen LogP contribution is 2.37. The lowest BCUT2D eigenvalue weighted by Gasteiger charge is -2.19. The molecule has 158 valence electrons. The molecule has 2 aliphatic heterocycles. The highest BCUT2D eigenvalue weighted by molar-refractivity contribution is 7.17. The highest BCUT2D eigenvalue weighted by atomic mass is 32.1. The van der Waals surface area contributed by atoms with Crippen LogP contribution in [-0.2, 0) is 9.59 Å². The summed E-state index contributed by atoms with van der Waals surface area (Å²) < 4.78 is 5.53. The first-order valence-electron chi connectivity index (χ1n) is 10.5. The third-order valence-corrected chi connectivity index (χ3v) is 6.93. The molecule has 1 amide bonds. The first-order valence-corrected chi connectivity index (χ1v) is 11.3. The van der Waals surface area contributed by atoms with Gasteiger partial charge in [0, 0.05) is 44.9 Å². The predicted octanol–water partition coefficient (Wildman–Crippen LogP) is 1.92. The molecule has 4 aliphatic rings. The molecule has 9 heteroatoms. The predicted molar refractivity (Wildman–Crippen MR) is 113 cm³/mol. The van der Waals surface area contributed by atoms with Crippen LogP contribution >= 0.6 is 11.3 Å². The molecule has 6 rings (SSSR count). The Labute approximate surface area is 182 Å². The molecular weight excluding hydrogens is 416 g/mol. The Morgan fingerprint density at radius 2 is 1.94 bits per heavy atom. The third-order valence-electron chi connectivity index (χ3n) is 5.84. The van der Waals surface area contributed by atoms with Gasteiger partial charge in [0.1, 0.15) is 5.69 Å². The maximum atomic E-state index is 13.2. The van der Waals surface area contributed by atoms with E-state index in [2.05, 4.69) is 10.5 Å². The molecule has 0 spiro atoms. The number of amides is 1. The fraction of sp³-hybridized carbons (Fsp3) is 0.364. The fourth-order valence-electron chi connectivity index (χ4n) is 3.72. The van der Waals surface area contributed by atoms with Crippen LogP contribution < -0.4 is 5.32 Å². The summed E-state index contributed by atoms with van der Waals surface area (Å²) in [6, 6.07) is 5.27. The van der Waals surface area contributed by atoms with Crippen LogP contribution in [0.15, 0.2) is 40.2 Å². The van der Waals surface area contributed by atoms with E-state index in [-0.39, 0.29) is 17.5 Å². The van der Waals surface area contributed by atoms with E-state index in [0.29, 0.717) is 39.2 Å². The summed E-state index contributed by atoms with van der Waals surface area (Å²) >= 11 is 1.32. The number of nitrogens with one attached hydrogen (secondary N) is 1. The number of ketones is 2. The highest BCUT2D eigenvalue weighted by Gasteiger charge is 2.41. The monoisotopic (exact) mass is 436 g/mol. The molecule has 0 bridgehead atoms. The minimum Gasteiger partial charge on any atom is -0.365 e. The zero-order chi connectivity index (χ0) is 21.1. The van der Waals surface area contributed by atoms with E-state index >= 15 is 0 Å². The lowest BCUT2D eigenvalue weighted by Crippen LogP contribution is -2.25. The van der Waals surface area contributed by atoms with Gasteiger partial charge in [-0.3, -0.25) is 14.4 Å². The second kappa shape index (κ2) is 6.91. The first kappa shape index (κ1) is 18.6. The van der Waals surface area contributed by atoms with Crippen molar-refractivity contribution < 1.29 is 18.9 Å². The summed E-state index contributed by atoms with van der Waals surface area (Å²) in [6.45, 7) is 3.78. The molecular formula is C22H20N4O4S. The van der Waals surface area contributed by atoms with Gasteiger partial charge in [-0.15, -0.1) is 11.3 Å². The maximum absolute atomic E-state index is 13.2. The van der Waals surface area contributed by atoms with Crippen molar-refractivity contribution in [2.24, 2.45) is 5.92 Å². The second-order valence-corrected chi connectivity index (χ2v) is 9.40. The molecule has 4 heterocycles. The molecule has 1 N–H and O–H groups in total. The van der Waals surface area contributed by atoms with Crippen LogP contribution in [0.4, 0.5) is 0 Å². The number of thiophene rings is 1. The van der Waals surface area contributed by atoms with Gasteiger partial charge in [0.2, 0.25) is 11.6 Å². The van der Waals surface area contributed by atoms with Gasteiger partial charge in [-0.2, -0.15) is 0 Å². The minimum absolute atomic E-state index is 0.0873. The molecule has 1 saturated carbocycles. The van der Waals surface area contributed by atoms with Gasteiger partial charge in [-0.25, -0.2) is 0 Å². The zero-order valence-electron chi connectivity index (χ0n) is 16.7. The molecule has 8 nitrogen and oxygen atoms in total. The van der Waals surface area contributed by atoms with Gasteiger partial charge in [0.25, 0.3) is 5.91 Å². The van der Waals surface area contributed by atoms with Gasteiger partial charge in [0.05, 0.1) is 26.7 Å². The Hall–Kier alpha value is -3.20. The molecule has 2 aromatic heterocycles. The average molecular weight is 436 g/mol. The Balaban J connectivity index is 1.28. The van der Waals surface area contributed by atoms with Crippen molar-refractivity contribution in [1.82, 2.24) is 20.3 Å². The zero-order valence-corrected chi connectivity index (χ0v) is 17.5. The van der Waals surface area contributed by atoms with Crippen molar-refractivity contribution in [3.63, 3.8) is 0 Å². The minimum atomic E-state index is -0.190. The maximum Gasteiger partial charge on any atom is 0.261 e. The van der Waals surface area contributed by atoms with E-state index < -0.39 is 0 Å². The van der Waals surface area contributed by atoms with Crippen LogP contribution in [0, 0.1) is 5.92 Å². The number of hydrogen-bond acceptors (Lipinski definition) is 8. The summed E-state index contributed by atoms with van der Waals surface area (Å²) in [5.74, 6) is 0.652. The number of Topliss-reactive ketones (excluding diaryl/α,β-unsaturated/α-hetero) is 1. The average Bonchev–Trinajstić information content (AvgIpc) is 3.67. The molecule has 2 aliphatic carbocycles. The van der Waals surface area contributed by atoms with Crippen LogP contribution in [0.25, 0.3) is 16.2 Å². The van der Waals surface area contributed by atoms with Crippen molar-refractivity contribution in [2.45, 2.75) is 12.8 Å². The summed E-state index contributed by atoms with van der Waals surface area (Å²) in [5, 5.41) is 7.08. The lowest BCUT2D eigenvalue weighted by atomic mass is 9.94. The molecule has 2 aromatic rings. The third kappa shape index (κ3) is 3.48.